The predicted octanol–water partition coefficient (Wildman–Crippen LogP) is 5.80. The lowest BCUT2D eigenvalue weighted by Crippen LogP contribution is -1.95. The van der Waals surface area contributed by atoms with Crippen LogP contribution in [0.15, 0.2) is 61.1 Å². The van der Waals surface area contributed by atoms with Crippen LogP contribution < -0.4 is 10.1 Å². The van der Waals surface area contributed by atoms with Crippen molar-refractivity contribution in [1.29, 1.82) is 0 Å². The number of hydrogen-bond donors (Lipinski definition) is 2. The summed E-state index contributed by atoms with van der Waals surface area (Å²) in [5, 5.41) is 5.23. The van der Waals surface area contributed by atoms with E-state index in [1.165, 1.54) is 6.33 Å². The highest BCUT2D eigenvalue weighted by Gasteiger charge is 2.06. The largest absolute Gasteiger partial charge is 0.456 e. The van der Waals surface area contributed by atoms with Crippen LogP contribution in [0, 0.1) is 0 Å². The standard InChI is InChI=1S/C18H12Cl2N4O/c19-11-1-6-16(15(20)9-11)25-13-4-2-12(3-5-13)24-18-14-7-8-21-17(14)22-10-23-18/h1-10H,(H2,21,22,23,24). The highest BCUT2D eigenvalue weighted by Crippen LogP contribution is 2.32. The second-order valence-corrected chi connectivity index (χ2v) is 6.13. The molecule has 4 rings (SSSR count). The van der Waals surface area contributed by atoms with Gasteiger partial charge in [0.15, 0.2) is 0 Å². The predicted molar refractivity (Wildman–Crippen MR) is 100 cm³/mol. The van der Waals surface area contributed by atoms with Crippen LogP contribution in [0.1, 0.15) is 0 Å². The van der Waals surface area contributed by atoms with Crippen LogP contribution in [0.4, 0.5) is 11.5 Å². The van der Waals surface area contributed by atoms with E-state index in [0.29, 0.717) is 21.5 Å². The van der Waals surface area contributed by atoms with Gasteiger partial charge >= 0.3 is 0 Å². The molecule has 0 spiro atoms. The van der Waals surface area contributed by atoms with Crippen LogP contribution in [0.5, 0.6) is 11.5 Å². The molecule has 0 unspecified atom stereocenters. The maximum Gasteiger partial charge on any atom is 0.146 e. The van der Waals surface area contributed by atoms with Crippen molar-refractivity contribution in [3.63, 3.8) is 0 Å². The van der Waals surface area contributed by atoms with Gasteiger partial charge in [-0.3, -0.25) is 0 Å². The van der Waals surface area contributed by atoms with Crippen molar-refractivity contribution < 1.29 is 4.74 Å². The molecule has 2 aromatic carbocycles. The van der Waals surface area contributed by atoms with Gasteiger partial charge in [-0.15, -0.1) is 0 Å². The van der Waals surface area contributed by atoms with Gasteiger partial charge in [-0.25, -0.2) is 9.97 Å². The highest BCUT2D eigenvalue weighted by atomic mass is 35.5. The Balaban J connectivity index is 1.53. The van der Waals surface area contributed by atoms with Gasteiger partial charge in [0.1, 0.15) is 29.3 Å². The van der Waals surface area contributed by atoms with Crippen molar-refractivity contribution in [3.8, 4) is 11.5 Å². The Morgan fingerprint density at radius 2 is 1.80 bits per heavy atom. The van der Waals surface area contributed by atoms with E-state index >= 15 is 0 Å². The summed E-state index contributed by atoms with van der Waals surface area (Å²) in [7, 11) is 0. The van der Waals surface area contributed by atoms with Gasteiger partial charge in [-0.05, 0) is 48.5 Å². The highest BCUT2D eigenvalue weighted by molar-refractivity contribution is 6.35. The number of nitrogens with zero attached hydrogens (tertiary/aromatic N) is 2. The molecule has 0 saturated heterocycles. The number of aromatic amines is 1. The first kappa shape index (κ1) is 15.7. The molecule has 2 aromatic heterocycles. The molecular weight excluding hydrogens is 359 g/mol. The third-order valence-electron chi connectivity index (χ3n) is 3.59. The summed E-state index contributed by atoms with van der Waals surface area (Å²) in [4.78, 5) is 11.5. The zero-order valence-electron chi connectivity index (χ0n) is 12.8. The number of H-pyrrole nitrogens is 1. The van der Waals surface area contributed by atoms with Crippen molar-refractivity contribution in [2.45, 2.75) is 0 Å². The molecule has 7 heteroatoms. The van der Waals surface area contributed by atoms with Crippen LogP contribution in [0.25, 0.3) is 11.0 Å². The minimum Gasteiger partial charge on any atom is -0.456 e. The Labute approximate surface area is 153 Å². The number of ether oxygens (including phenoxy) is 1. The summed E-state index contributed by atoms with van der Waals surface area (Å²) >= 11 is 12.0. The van der Waals surface area contributed by atoms with Crippen molar-refractivity contribution >= 4 is 45.7 Å². The number of nitrogens with one attached hydrogen (secondary N) is 2. The summed E-state index contributed by atoms with van der Waals surface area (Å²) in [5.41, 5.74) is 1.67. The fraction of sp³-hybridized carbons (Fsp3) is 0. The lowest BCUT2D eigenvalue weighted by Gasteiger charge is -2.10. The number of aromatic nitrogens is 3. The minimum absolute atomic E-state index is 0.463. The van der Waals surface area contributed by atoms with Crippen LogP contribution in [-0.4, -0.2) is 15.0 Å². The van der Waals surface area contributed by atoms with E-state index in [1.807, 2.05) is 36.5 Å². The maximum atomic E-state index is 6.12. The molecule has 2 heterocycles. The Bertz CT molecular complexity index is 1030. The van der Waals surface area contributed by atoms with E-state index in [1.54, 1.807) is 18.2 Å². The average Bonchev–Trinajstić information content (AvgIpc) is 3.09. The molecule has 0 amide bonds. The number of benzene rings is 2. The molecule has 0 atom stereocenters. The van der Waals surface area contributed by atoms with Crippen molar-refractivity contribution in [3.05, 3.63) is 71.1 Å². The second-order valence-electron chi connectivity index (χ2n) is 5.29. The van der Waals surface area contributed by atoms with E-state index in [9.17, 15) is 0 Å². The molecule has 25 heavy (non-hydrogen) atoms. The lowest BCUT2D eigenvalue weighted by atomic mass is 10.3. The molecular formula is C18H12Cl2N4O. The normalized spacial score (nSPS) is 10.8. The van der Waals surface area contributed by atoms with Gasteiger partial charge in [0.25, 0.3) is 0 Å². The molecule has 0 aliphatic heterocycles. The fourth-order valence-electron chi connectivity index (χ4n) is 2.40. The van der Waals surface area contributed by atoms with Gasteiger partial charge in [0.05, 0.1) is 10.4 Å². The first-order valence-corrected chi connectivity index (χ1v) is 8.23. The molecule has 5 nitrogen and oxygen atoms in total. The summed E-state index contributed by atoms with van der Waals surface area (Å²) in [6, 6.07) is 14.5. The lowest BCUT2D eigenvalue weighted by molar-refractivity contribution is 0.483. The van der Waals surface area contributed by atoms with Crippen LogP contribution in [0.3, 0.4) is 0 Å². The Hall–Kier alpha value is -2.76. The van der Waals surface area contributed by atoms with Gasteiger partial charge in [-0.1, -0.05) is 23.2 Å². The molecule has 4 aromatic rings. The molecule has 0 aliphatic rings. The summed E-state index contributed by atoms with van der Waals surface area (Å²) < 4.78 is 5.78. The smallest absolute Gasteiger partial charge is 0.146 e. The number of rotatable bonds is 4. The second kappa shape index (κ2) is 6.63. The molecule has 0 radical (unpaired) electrons. The van der Waals surface area contributed by atoms with Gasteiger partial charge in [0, 0.05) is 16.9 Å². The SMILES string of the molecule is Clc1ccc(Oc2ccc(Nc3ncnc4[nH]ccc34)cc2)c(Cl)c1. The third-order valence-corrected chi connectivity index (χ3v) is 4.12. The molecule has 2 N–H and O–H groups in total. The van der Waals surface area contributed by atoms with E-state index < -0.39 is 0 Å². The van der Waals surface area contributed by atoms with Crippen molar-refractivity contribution in [2.75, 3.05) is 5.32 Å². The Morgan fingerprint density at radius 1 is 0.960 bits per heavy atom. The number of halogens is 2. The Kier molecular flexibility index (Phi) is 4.17. The first-order valence-electron chi connectivity index (χ1n) is 7.47. The van der Waals surface area contributed by atoms with Gasteiger partial charge in [-0.2, -0.15) is 0 Å². The van der Waals surface area contributed by atoms with Gasteiger partial charge < -0.3 is 15.0 Å². The topological polar surface area (TPSA) is 62.8 Å². The summed E-state index contributed by atoms with van der Waals surface area (Å²) in [6.45, 7) is 0. The minimum atomic E-state index is 0.463. The quantitative estimate of drug-likeness (QED) is 0.476. The maximum absolute atomic E-state index is 6.12. The van der Waals surface area contributed by atoms with E-state index in [4.69, 9.17) is 27.9 Å². The Morgan fingerprint density at radius 3 is 2.60 bits per heavy atom. The van der Waals surface area contributed by atoms with Crippen molar-refractivity contribution in [1.82, 2.24) is 15.0 Å². The number of anilines is 2. The number of hydrogen-bond acceptors (Lipinski definition) is 4. The monoisotopic (exact) mass is 370 g/mol. The zero-order valence-corrected chi connectivity index (χ0v) is 14.3. The van der Waals surface area contributed by atoms with E-state index in [0.717, 1.165) is 22.5 Å². The first-order chi connectivity index (χ1) is 12.2. The average molecular weight is 371 g/mol. The van der Waals surface area contributed by atoms with Crippen LogP contribution in [0.2, 0.25) is 10.0 Å². The van der Waals surface area contributed by atoms with E-state index in [2.05, 4.69) is 20.3 Å². The van der Waals surface area contributed by atoms with E-state index in [-0.39, 0.29) is 0 Å². The number of fused-ring (bicyclic) bond motifs is 1. The molecule has 0 saturated carbocycles. The zero-order chi connectivity index (χ0) is 17.2. The van der Waals surface area contributed by atoms with Crippen molar-refractivity contribution in [2.24, 2.45) is 0 Å². The molecule has 124 valence electrons. The summed E-state index contributed by atoms with van der Waals surface area (Å²) in [6.07, 6.45) is 3.35. The van der Waals surface area contributed by atoms with Crippen LogP contribution >= 0.6 is 23.2 Å². The fourth-order valence-corrected chi connectivity index (χ4v) is 2.85. The molecule has 0 fully saturated rings. The van der Waals surface area contributed by atoms with Crippen LogP contribution in [-0.2, 0) is 0 Å². The third kappa shape index (κ3) is 3.38. The molecule has 0 aliphatic carbocycles. The van der Waals surface area contributed by atoms with Gasteiger partial charge in [0.2, 0.25) is 0 Å². The summed E-state index contributed by atoms with van der Waals surface area (Å²) in [5.74, 6) is 1.96. The molecule has 0 bridgehead atoms.